The SMILES string of the molecule is CCN1CCC(F)(CN2CCN(CC3(F)CCN(CC4(CC(C)C)CC4)CC3)CC2)CC1. The Hall–Kier alpha value is -0.300. The van der Waals surface area contributed by atoms with Crippen LogP contribution < -0.4 is 0 Å². The summed E-state index contributed by atoms with van der Waals surface area (Å²) in [5, 5.41) is 0. The summed E-state index contributed by atoms with van der Waals surface area (Å²) in [6, 6.07) is 0. The van der Waals surface area contributed by atoms with E-state index in [1.165, 1.54) is 25.8 Å². The second kappa shape index (κ2) is 10.1. The molecule has 0 bridgehead atoms. The molecule has 0 amide bonds. The lowest BCUT2D eigenvalue weighted by atomic mass is 9.89. The highest BCUT2D eigenvalue weighted by Gasteiger charge is 2.46. The molecule has 0 aromatic rings. The Morgan fingerprint density at radius 3 is 1.38 bits per heavy atom. The van der Waals surface area contributed by atoms with E-state index >= 15 is 8.78 Å². The minimum Gasteiger partial charge on any atom is -0.303 e. The number of hydrogen-bond acceptors (Lipinski definition) is 4. The molecule has 0 aromatic carbocycles. The molecule has 0 spiro atoms. The fourth-order valence-electron chi connectivity index (χ4n) is 6.55. The fraction of sp³-hybridized carbons (Fsp3) is 1.00. The smallest absolute Gasteiger partial charge is 0.126 e. The van der Waals surface area contributed by atoms with Crippen LogP contribution in [0.2, 0.25) is 0 Å². The summed E-state index contributed by atoms with van der Waals surface area (Å²) in [6.07, 6.45) is 6.71. The number of rotatable bonds is 9. The van der Waals surface area contributed by atoms with Gasteiger partial charge in [-0.25, -0.2) is 8.78 Å². The maximum absolute atomic E-state index is 15.6. The van der Waals surface area contributed by atoms with Crippen molar-refractivity contribution in [1.82, 2.24) is 19.6 Å². The average Bonchev–Trinajstić information content (AvgIpc) is 3.50. The van der Waals surface area contributed by atoms with E-state index in [1.807, 2.05) is 0 Å². The van der Waals surface area contributed by atoms with E-state index in [0.717, 1.165) is 64.8 Å². The van der Waals surface area contributed by atoms with Crippen molar-refractivity contribution in [3.05, 3.63) is 0 Å². The standard InChI is InChI=1S/C26H48F2N4/c1-4-29-11-7-25(27,8-12-29)21-31-15-17-32(18-16-31)22-26(28)9-13-30(14-10-26)20-24(5-6-24)19-23(2)3/h23H,4-22H2,1-3H3. The topological polar surface area (TPSA) is 13.0 Å². The van der Waals surface area contributed by atoms with Crippen molar-refractivity contribution in [3.8, 4) is 0 Å². The molecule has 3 aliphatic heterocycles. The van der Waals surface area contributed by atoms with Gasteiger partial charge in [0, 0.05) is 72.0 Å². The van der Waals surface area contributed by atoms with Crippen LogP contribution in [0.5, 0.6) is 0 Å². The molecule has 6 heteroatoms. The number of likely N-dealkylation sites (tertiary alicyclic amines) is 2. The van der Waals surface area contributed by atoms with Gasteiger partial charge in [-0.3, -0.25) is 9.80 Å². The van der Waals surface area contributed by atoms with Gasteiger partial charge in [0.05, 0.1) is 0 Å². The van der Waals surface area contributed by atoms with Gasteiger partial charge < -0.3 is 9.80 Å². The van der Waals surface area contributed by atoms with Gasteiger partial charge in [-0.1, -0.05) is 20.8 Å². The molecule has 1 aliphatic carbocycles. The lowest BCUT2D eigenvalue weighted by Crippen LogP contribution is -2.56. The number of piperazine rings is 1. The number of hydrogen-bond donors (Lipinski definition) is 0. The lowest BCUT2D eigenvalue weighted by molar-refractivity contribution is -0.0135. The van der Waals surface area contributed by atoms with Crippen molar-refractivity contribution in [3.63, 3.8) is 0 Å². The van der Waals surface area contributed by atoms with Crippen LogP contribution in [0.25, 0.3) is 0 Å². The monoisotopic (exact) mass is 454 g/mol. The van der Waals surface area contributed by atoms with Gasteiger partial charge in [0.1, 0.15) is 11.3 Å². The molecule has 4 aliphatic rings. The van der Waals surface area contributed by atoms with Crippen LogP contribution in [0.3, 0.4) is 0 Å². The van der Waals surface area contributed by atoms with E-state index in [-0.39, 0.29) is 0 Å². The summed E-state index contributed by atoms with van der Waals surface area (Å²) in [7, 11) is 0. The van der Waals surface area contributed by atoms with Gasteiger partial charge in [-0.05, 0) is 62.8 Å². The first kappa shape index (κ1) is 24.8. The number of halogens is 2. The summed E-state index contributed by atoms with van der Waals surface area (Å²) in [6.45, 7) is 17.2. The van der Waals surface area contributed by atoms with Gasteiger partial charge in [0.25, 0.3) is 0 Å². The van der Waals surface area contributed by atoms with E-state index in [9.17, 15) is 0 Å². The first-order chi connectivity index (χ1) is 15.2. The summed E-state index contributed by atoms with van der Waals surface area (Å²) >= 11 is 0. The van der Waals surface area contributed by atoms with Gasteiger partial charge >= 0.3 is 0 Å². The van der Waals surface area contributed by atoms with E-state index in [0.29, 0.717) is 44.2 Å². The van der Waals surface area contributed by atoms with Crippen molar-refractivity contribution in [2.24, 2.45) is 11.3 Å². The number of alkyl halides is 2. The highest BCUT2D eigenvalue weighted by atomic mass is 19.1. The normalized spacial score (nSPS) is 29.4. The van der Waals surface area contributed by atoms with Crippen LogP contribution in [0.4, 0.5) is 8.78 Å². The molecule has 0 N–H and O–H groups in total. The Bertz CT molecular complexity index is 585. The second-order valence-electron chi connectivity index (χ2n) is 12.2. The fourth-order valence-corrected chi connectivity index (χ4v) is 6.55. The lowest BCUT2D eigenvalue weighted by Gasteiger charge is -2.44. The molecule has 0 aromatic heterocycles. The quantitative estimate of drug-likeness (QED) is 0.521. The maximum Gasteiger partial charge on any atom is 0.126 e. The predicted molar refractivity (Wildman–Crippen MR) is 129 cm³/mol. The zero-order valence-corrected chi connectivity index (χ0v) is 21.1. The van der Waals surface area contributed by atoms with Crippen molar-refractivity contribution in [1.29, 1.82) is 0 Å². The molecule has 4 fully saturated rings. The van der Waals surface area contributed by atoms with Crippen LogP contribution in [0, 0.1) is 11.3 Å². The van der Waals surface area contributed by atoms with Gasteiger partial charge in [0.2, 0.25) is 0 Å². The third-order valence-electron chi connectivity index (χ3n) is 8.79. The summed E-state index contributed by atoms with van der Waals surface area (Å²) in [5.74, 6) is 0.762. The Morgan fingerprint density at radius 2 is 1.00 bits per heavy atom. The Morgan fingerprint density at radius 1 is 0.594 bits per heavy atom. The molecule has 3 heterocycles. The molecule has 4 rings (SSSR count). The van der Waals surface area contributed by atoms with Gasteiger partial charge in [-0.15, -0.1) is 0 Å². The summed E-state index contributed by atoms with van der Waals surface area (Å²) in [5.41, 5.74) is -1.53. The molecule has 0 unspecified atom stereocenters. The summed E-state index contributed by atoms with van der Waals surface area (Å²) < 4.78 is 30.9. The molecule has 3 saturated heterocycles. The van der Waals surface area contributed by atoms with Crippen LogP contribution in [0.15, 0.2) is 0 Å². The van der Waals surface area contributed by atoms with Gasteiger partial charge in [0.15, 0.2) is 0 Å². The Balaban J connectivity index is 1.16. The Labute approximate surface area is 195 Å². The largest absolute Gasteiger partial charge is 0.303 e. The van der Waals surface area contributed by atoms with E-state index in [4.69, 9.17) is 0 Å². The van der Waals surface area contributed by atoms with E-state index in [1.54, 1.807) is 0 Å². The van der Waals surface area contributed by atoms with Crippen LogP contribution in [-0.2, 0) is 0 Å². The van der Waals surface area contributed by atoms with Crippen molar-refractivity contribution in [2.75, 3.05) is 78.5 Å². The molecule has 4 nitrogen and oxygen atoms in total. The number of piperidine rings is 2. The molecule has 0 radical (unpaired) electrons. The zero-order chi connectivity index (χ0) is 22.8. The Kier molecular flexibility index (Phi) is 7.86. The molecule has 186 valence electrons. The van der Waals surface area contributed by atoms with E-state index in [2.05, 4.69) is 40.4 Å². The molecule has 1 saturated carbocycles. The van der Waals surface area contributed by atoms with Crippen molar-refractivity contribution in [2.45, 2.75) is 77.1 Å². The van der Waals surface area contributed by atoms with Crippen LogP contribution in [-0.4, -0.2) is 109 Å². The first-order valence-electron chi connectivity index (χ1n) is 13.5. The minimum absolute atomic E-state index is 0.543. The highest BCUT2D eigenvalue weighted by Crippen LogP contribution is 2.51. The second-order valence-corrected chi connectivity index (χ2v) is 12.2. The molecule has 0 atom stereocenters. The molecular formula is C26H48F2N4. The average molecular weight is 455 g/mol. The van der Waals surface area contributed by atoms with Gasteiger partial charge in [-0.2, -0.15) is 0 Å². The van der Waals surface area contributed by atoms with Crippen molar-refractivity contribution >= 4 is 0 Å². The van der Waals surface area contributed by atoms with E-state index < -0.39 is 11.3 Å². The van der Waals surface area contributed by atoms with Crippen LogP contribution in [0.1, 0.15) is 65.7 Å². The minimum atomic E-state index is -1.04. The molecular weight excluding hydrogens is 406 g/mol. The van der Waals surface area contributed by atoms with Crippen molar-refractivity contribution < 1.29 is 8.78 Å². The third-order valence-corrected chi connectivity index (χ3v) is 8.79. The first-order valence-corrected chi connectivity index (χ1v) is 13.5. The number of nitrogens with zero attached hydrogens (tertiary/aromatic N) is 4. The molecule has 32 heavy (non-hydrogen) atoms. The maximum atomic E-state index is 15.6. The third kappa shape index (κ3) is 6.64. The predicted octanol–water partition coefficient (Wildman–Crippen LogP) is 4.06. The zero-order valence-electron chi connectivity index (χ0n) is 21.1. The summed E-state index contributed by atoms with van der Waals surface area (Å²) in [4.78, 5) is 9.47. The highest BCUT2D eigenvalue weighted by molar-refractivity contribution is 4.99. The van der Waals surface area contributed by atoms with Crippen LogP contribution >= 0.6 is 0 Å².